The van der Waals surface area contributed by atoms with Gasteiger partial charge in [-0.25, -0.2) is 9.78 Å². The summed E-state index contributed by atoms with van der Waals surface area (Å²) in [5, 5.41) is 11.3. The third kappa shape index (κ3) is 2.58. The monoisotopic (exact) mass is 281 g/mol. The predicted octanol–water partition coefficient (Wildman–Crippen LogP) is 2.97. The number of aromatic nitrogens is 2. The van der Waals surface area contributed by atoms with E-state index >= 15 is 0 Å². The molecule has 2 heterocycles. The highest BCUT2D eigenvalue weighted by Crippen LogP contribution is 2.25. The van der Waals surface area contributed by atoms with Crippen molar-refractivity contribution in [1.82, 2.24) is 9.38 Å². The first kappa shape index (κ1) is 13.9. The summed E-state index contributed by atoms with van der Waals surface area (Å²) in [7, 11) is 0. The largest absolute Gasteiger partial charge is 0.476 e. The van der Waals surface area contributed by atoms with Crippen LogP contribution in [-0.4, -0.2) is 33.6 Å². The number of anilines is 1. The maximum Gasteiger partial charge on any atom is 0.356 e. The van der Waals surface area contributed by atoms with Gasteiger partial charge in [-0.2, -0.15) is 0 Å². The molecule has 2 rings (SSSR count). The molecule has 0 aliphatic carbocycles. The van der Waals surface area contributed by atoms with Gasteiger partial charge in [0.15, 0.2) is 16.5 Å². The van der Waals surface area contributed by atoms with E-state index in [0.29, 0.717) is 11.7 Å². The van der Waals surface area contributed by atoms with E-state index in [2.05, 4.69) is 23.7 Å². The zero-order valence-electron chi connectivity index (χ0n) is 11.5. The molecule has 2 aromatic rings. The number of thiazole rings is 1. The fourth-order valence-corrected chi connectivity index (χ4v) is 2.77. The lowest BCUT2D eigenvalue weighted by molar-refractivity contribution is 0.0690. The lowest BCUT2D eigenvalue weighted by Gasteiger charge is -2.24. The van der Waals surface area contributed by atoms with Crippen LogP contribution in [0.4, 0.5) is 5.82 Å². The maximum absolute atomic E-state index is 11.5. The predicted molar refractivity (Wildman–Crippen MR) is 77.4 cm³/mol. The Balaban J connectivity index is 2.44. The third-order valence-corrected chi connectivity index (χ3v) is 4.11. The minimum atomic E-state index is -0.927. The number of carbonyl (C=O) groups is 1. The van der Waals surface area contributed by atoms with Crippen LogP contribution in [0.2, 0.25) is 0 Å². The molecule has 0 fully saturated rings. The van der Waals surface area contributed by atoms with Crippen LogP contribution < -0.4 is 4.90 Å². The first-order valence-corrected chi connectivity index (χ1v) is 7.40. The molecular formula is C13H19N3O2S. The molecule has 0 aliphatic rings. The summed E-state index contributed by atoms with van der Waals surface area (Å²) in [6, 6.07) is 0. The molecule has 2 aromatic heterocycles. The van der Waals surface area contributed by atoms with E-state index in [9.17, 15) is 9.90 Å². The molecular weight excluding hydrogens is 262 g/mol. The second-order valence-corrected chi connectivity index (χ2v) is 5.57. The minimum absolute atomic E-state index is 0.265. The summed E-state index contributed by atoms with van der Waals surface area (Å²) >= 11 is 1.45. The number of carboxylic acid groups (broad SMARTS) is 1. The second-order valence-electron chi connectivity index (χ2n) is 4.70. The van der Waals surface area contributed by atoms with Crippen LogP contribution in [0.3, 0.4) is 0 Å². The molecule has 0 radical (unpaired) electrons. The first-order chi connectivity index (χ1) is 9.08. The summed E-state index contributed by atoms with van der Waals surface area (Å²) < 4.78 is 1.65. The average molecular weight is 281 g/mol. The van der Waals surface area contributed by atoms with Gasteiger partial charge >= 0.3 is 5.97 Å². The zero-order chi connectivity index (χ0) is 14.0. The summed E-state index contributed by atoms with van der Waals surface area (Å²) in [4.78, 5) is 18.8. The van der Waals surface area contributed by atoms with Crippen molar-refractivity contribution in [2.24, 2.45) is 5.92 Å². The van der Waals surface area contributed by atoms with E-state index < -0.39 is 5.97 Å². The van der Waals surface area contributed by atoms with Gasteiger partial charge in [0, 0.05) is 24.7 Å². The third-order valence-electron chi connectivity index (χ3n) is 3.36. The fraction of sp³-hybridized carbons (Fsp3) is 0.538. The summed E-state index contributed by atoms with van der Waals surface area (Å²) in [5.74, 6) is 0.173. The van der Waals surface area contributed by atoms with E-state index in [1.165, 1.54) is 11.3 Å². The van der Waals surface area contributed by atoms with Gasteiger partial charge in [0.25, 0.3) is 0 Å². The standard InChI is InChI=1S/C13H19N3O2S/c1-4-9(3)8-15(5-2)11-10(12(17)18)16-6-7-19-13(16)14-11/h6-7,9H,4-5,8H2,1-3H3,(H,17,18). The SMILES string of the molecule is CCC(C)CN(CC)c1nc2sccn2c1C(=O)O. The van der Waals surface area contributed by atoms with Crippen molar-refractivity contribution in [2.75, 3.05) is 18.0 Å². The maximum atomic E-state index is 11.5. The molecule has 0 aromatic carbocycles. The molecule has 0 bridgehead atoms. The van der Waals surface area contributed by atoms with E-state index in [0.717, 1.165) is 24.5 Å². The second kappa shape index (κ2) is 5.61. The highest BCUT2D eigenvalue weighted by Gasteiger charge is 2.23. The summed E-state index contributed by atoms with van der Waals surface area (Å²) in [6.07, 6.45) is 2.83. The molecule has 0 amide bonds. The van der Waals surface area contributed by atoms with Crippen molar-refractivity contribution in [2.45, 2.75) is 27.2 Å². The molecule has 0 spiro atoms. The molecule has 104 valence electrons. The Morgan fingerprint density at radius 3 is 2.89 bits per heavy atom. The van der Waals surface area contributed by atoms with Crippen LogP contribution in [0.25, 0.3) is 4.96 Å². The Labute approximate surface area is 116 Å². The topological polar surface area (TPSA) is 57.8 Å². The quantitative estimate of drug-likeness (QED) is 0.884. The van der Waals surface area contributed by atoms with Crippen molar-refractivity contribution >= 4 is 28.1 Å². The number of nitrogens with zero attached hydrogens (tertiary/aromatic N) is 3. The number of carboxylic acids is 1. The van der Waals surface area contributed by atoms with Crippen molar-refractivity contribution < 1.29 is 9.90 Å². The Morgan fingerprint density at radius 2 is 2.32 bits per heavy atom. The average Bonchev–Trinajstić information content (AvgIpc) is 2.94. The number of aromatic carboxylic acids is 1. The van der Waals surface area contributed by atoms with E-state index in [4.69, 9.17) is 0 Å². The fourth-order valence-electron chi connectivity index (χ4n) is 2.06. The lowest BCUT2D eigenvalue weighted by Crippen LogP contribution is -2.30. The smallest absolute Gasteiger partial charge is 0.356 e. The normalized spacial score (nSPS) is 12.8. The van der Waals surface area contributed by atoms with Gasteiger partial charge in [-0.1, -0.05) is 20.3 Å². The Bertz CT molecular complexity index is 575. The van der Waals surface area contributed by atoms with E-state index in [1.807, 2.05) is 12.3 Å². The van der Waals surface area contributed by atoms with Crippen molar-refractivity contribution in [3.8, 4) is 0 Å². The first-order valence-electron chi connectivity index (χ1n) is 6.52. The van der Waals surface area contributed by atoms with Crippen LogP contribution in [0.5, 0.6) is 0 Å². The van der Waals surface area contributed by atoms with Crippen LogP contribution in [0, 0.1) is 5.92 Å². The zero-order valence-corrected chi connectivity index (χ0v) is 12.3. The van der Waals surface area contributed by atoms with Crippen molar-refractivity contribution in [1.29, 1.82) is 0 Å². The number of hydrogen-bond donors (Lipinski definition) is 1. The van der Waals surface area contributed by atoms with Crippen LogP contribution in [0.15, 0.2) is 11.6 Å². The van der Waals surface area contributed by atoms with Crippen LogP contribution in [-0.2, 0) is 0 Å². The molecule has 6 heteroatoms. The van der Waals surface area contributed by atoms with Crippen molar-refractivity contribution in [3.63, 3.8) is 0 Å². The number of imidazole rings is 1. The van der Waals surface area contributed by atoms with Crippen LogP contribution >= 0.6 is 11.3 Å². The molecule has 1 atom stereocenters. The number of rotatable bonds is 6. The van der Waals surface area contributed by atoms with Crippen LogP contribution in [0.1, 0.15) is 37.7 Å². The van der Waals surface area contributed by atoms with Gasteiger partial charge in [0.2, 0.25) is 0 Å². The Morgan fingerprint density at radius 1 is 1.58 bits per heavy atom. The molecule has 1 unspecified atom stereocenters. The molecule has 0 saturated heterocycles. The van der Waals surface area contributed by atoms with Gasteiger partial charge in [0.1, 0.15) is 0 Å². The summed E-state index contributed by atoms with van der Waals surface area (Å²) in [5.41, 5.74) is 0.265. The molecule has 5 nitrogen and oxygen atoms in total. The minimum Gasteiger partial charge on any atom is -0.476 e. The Kier molecular flexibility index (Phi) is 4.09. The Hall–Kier alpha value is -1.56. The van der Waals surface area contributed by atoms with Gasteiger partial charge in [-0.05, 0) is 12.8 Å². The molecule has 0 aliphatic heterocycles. The number of fused-ring (bicyclic) bond motifs is 1. The van der Waals surface area contributed by atoms with Gasteiger partial charge in [0.05, 0.1) is 0 Å². The molecule has 1 N–H and O–H groups in total. The highest BCUT2D eigenvalue weighted by atomic mass is 32.1. The molecule has 19 heavy (non-hydrogen) atoms. The lowest BCUT2D eigenvalue weighted by atomic mass is 10.1. The van der Waals surface area contributed by atoms with Gasteiger partial charge in [-0.3, -0.25) is 4.40 Å². The van der Waals surface area contributed by atoms with Gasteiger partial charge < -0.3 is 10.0 Å². The van der Waals surface area contributed by atoms with E-state index in [-0.39, 0.29) is 5.69 Å². The highest BCUT2D eigenvalue weighted by molar-refractivity contribution is 7.15. The van der Waals surface area contributed by atoms with Crippen molar-refractivity contribution in [3.05, 3.63) is 17.3 Å². The van der Waals surface area contributed by atoms with Gasteiger partial charge in [-0.15, -0.1) is 11.3 Å². The van der Waals surface area contributed by atoms with E-state index in [1.54, 1.807) is 10.6 Å². The number of hydrogen-bond acceptors (Lipinski definition) is 4. The summed E-state index contributed by atoms with van der Waals surface area (Å²) in [6.45, 7) is 7.93. The molecule has 0 saturated carbocycles.